The number of nitro groups is 1. The molecule has 2 aromatic carbocycles. The summed E-state index contributed by atoms with van der Waals surface area (Å²) in [4.78, 5) is 22.9. The number of nitrogens with zero attached hydrogens (tertiary/aromatic N) is 1. The number of nitro benzene ring substituents is 1. The average molecular weight is 310 g/mol. The fraction of sp³-hybridized carbons (Fsp3) is 0.118. The third-order valence-corrected chi connectivity index (χ3v) is 3.65. The molecule has 0 spiro atoms. The number of nitrogens with one attached hydrogen (secondary N) is 1. The van der Waals surface area contributed by atoms with Gasteiger partial charge in [0.15, 0.2) is 0 Å². The predicted octanol–water partition coefficient (Wildman–Crippen LogP) is 4.21. The Bertz CT molecular complexity index is 927. The zero-order valence-corrected chi connectivity index (χ0v) is 12.6. The number of anilines is 1. The van der Waals surface area contributed by atoms with Crippen molar-refractivity contribution in [3.63, 3.8) is 0 Å². The maximum atomic E-state index is 12.5. The Labute approximate surface area is 131 Å². The van der Waals surface area contributed by atoms with Crippen molar-refractivity contribution in [1.82, 2.24) is 0 Å². The van der Waals surface area contributed by atoms with Crippen LogP contribution >= 0.6 is 0 Å². The van der Waals surface area contributed by atoms with E-state index in [1.165, 1.54) is 24.5 Å². The summed E-state index contributed by atoms with van der Waals surface area (Å²) in [6, 6.07) is 9.93. The van der Waals surface area contributed by atoms with Gasteiger partial charge in [-0.3, -0.25) is 14.9 Å². The van der Waals surface area contributed by atoms with Gasteiger partial charge < -0.3 is 9.73 Å². The van der Waals surface area contributed by atoms with E-state index in [1.54, 1.807) is 0 Å². The first-order valence-electron chi connectivity index (χ1n) is 7.00. The fourth-order valence-electron chi connectivity index (χ4n) is 2.37. The van der Waals surface area contributed by atoms with Crippen LogP contribution < -0.4 is 5.32 Å². The Morgan fingerprint density at radius 3 is 2.70 bits per heavy atom. The molecule has 0 unspecified atom stereocenters. The van der Waals surface area contributed by atoms with Crippen LogP contribution in [0.2, 0.25) is 0 Å². The molecule has 1 heterocycles. The molecule has 3 rings (SSSR count). The Morgan fingerprint density at radius 2 is 1.96 bits per heavy atom. The van der Waals surface area contributed by atoms with E-state index in [9.17, 15) is 14.9 Å². The number of hydrogen-bond donors (Lipinski definition) is 1. The molecule has 0 atom stereocenters. The number of carbonyl (C=O) groups excluding carboxylic acids is 1. The predicted molar refractivity (Wildman–Crippen MR) is 86.7 cm³/mol. The molecule has 0 radical (unpaired) electrons. The third kappa shape index (κ3) is 2.78. The molecule has 1 N–H and O–H groups in total. The van der Waals surface area contributed by atoms with Crippen LogP contribution in [-0.2, 0) is 0 Å². The molecule has 0 fully saturated rings. The largest absolute Gasteiger partial charge is 0.463 e. The standard InChI is InChI=1S/C17H14N2O4/c1-10-3-4-11(2)15(7-10)18-17(20)14-9-23-16-6-5-12(19(21)22)8-13(14)16/h3-9H,1-2H3,(H,18,20). The summed E-state index contributed by atoms with van der Waals surface area (Å²) in [6.45, 7) is 3.83. The Balaban J connectivity index is 1.99. The number of benzene rings is 2. The zero-order valence-electron chi connectivity index (χ0n) is 12.6. The lowest BCUT2D eigenvalue weighted by atomic mass is 10.1. The maximum absolute atomic E-state index is 12.5. The van der Waals surface area contributed by atoms with Gasteiger partial charge in [-0.25, -0.2) is 0 Å². The van der Waals surface area contributed by atoms with E-state index in [0.717, 1.165) is 11.1 Å². The number of carbonyl (C=O) groups is 1. The number of non-ortho nitro benzene ring substituents is 1. The quantitative estimate of drug-likeness (QED) is 0.580. The lowest BCUT2D eigenvalue weighted by Crippen LogP contribution is -2.12. The first-order valence-corrected chi connectivity index (χ1v) is 7.00. The number of furan rings is 1. The fourth-order valence-corrected chi connectivity index (χ4v) is 2.37. The van der Waals surface area contributed by atoms with Gasteiger partial charge in [0.1, 0.15) is 11.8 Å². The van der Waals surface area contributed by atoms with E-state index in [0.29, 0.717) is 16.7 Å². The second-order valence-corrected chi connectivity index (χ2v) is 5.36. The first-order chi connectivity index (χ1) is 11.0. The lowest BCUT2D eigenvalue weighted by Gasteiger charge is -2.08. The molecule has 0 bridgehead atoms. The third-order valence-electron chi connectivity index (χ3n) is 3.65. The first kappa shape index (κ1) is 14.8. The number of rotatable bonds is 3. The topological polar surface area (TPSA) is 85.4 Å². The molecule has 3 aromatic rings. The van der Waals surface area contributed by atoms with Crippen molar-refractivity contribution in [1.29, 1.82) is 0 Å². The van der Waals surface area contributed by atoms with Crippen LogP contribution in [0.15, 0.2) is 47.1 Å². The van der Waals surface area contributed by atoms with Crippen molar-refractivity contribution in [3.05, 3.63) is 69.5 Å². The van der Waals surface area contributed by atoms with E-state index in [4.69, 9.17) is 4.42 Å². The summed E-state index contributed by atoms with van der Waals surface area (Å²) in [5, 5.41) is 14.1. The second-order valence-electron chi connectivity index (χ2n) is 5.36. The Morgan fingerprint density at radius 1 is 1.17 bits per heavy atom. The van der Waals surface area contributed by atoms with Crippen molar-refractivity contribution in [2.24, 2.45) is 0 Å². The van der Waals surface area contributed by atoms with Gasteiger partial charge >= 0.3 is 0 Å². The highest BCUT2D eigenvalue weighted by Crippen LogP contribution is 2.27. The molecule has 0 saturated carbocycles. The lowest BCUT2D eigenvalue weighted by molar-refractivity contribution is -0.384. The molecule has 116 valence electrons. The molecule has 0 saturated heterocycles. The van der Waals surface area contributed by atoms with Crippen LogP contribution in [0.3, 0.4) is 0 Å². The molecule has 1 aromatic heterocycles. The smallest absolute Gasteiger partial charge is 0.270 e. The minimum atomic E-state index is -0.501. The summed E-state index contributed by atoms with van der Waals surface area (Å²) in [7, 11) is 0. The monoisotopic (exact) mass is 310 g/mol. The molecule has 0 aliphatic carbocycles. The van der Waals surface area contributed by atoms with Crippen LogP contribution in [0, 0.1) is 24.0 Å². The summed E-state index contributed by atoms with van der Waals surface area (Å²) < 4.78 is 5.31. The van der Waals surface area contributed by atoms with Crippen molar-refractivity contribution in [2.75, 3.05) is 5.32 Å². The van der Waals surface area contributed by atoms with E-state index in [-0.39, 0.29) is 17.2 Å². The van der Waals surface area contributed by atoms with Crippen molar-refractivity contribution < 1.29 is 14.1 Å². The van der Waals surface area contributed by atoms with Gasteiger partial charge in [-0.15, -0.1) is 0 Å². The summed E-state index contributed by atoms with van der Waals surface area (Å²) in [5.41, 5.74) is 3.28. The van der Waals surface area contributed by atoms with Crippen molar-refractivity contribution >= 4 is 28.3 Å². The van der Waals surface area contributed by atoms with Gasteiger partial charge in [0.05, 0.1) is 10.5 Å². The molecule has 6 nitrogen and oxygen atoms in total. The molecular formula is C17H14N2O4. The highest BCUT2D eigenvalue weighted by molar-refractivity contribution is 6.12. The number of fused-ring (bicyclic) bond motifs is 1. The van der Waals surface area contributed by atoms with Gasteiger partial charge in [0, 0.05) is 23.2 Å². The molecule has 23 heavy (non-hydrogen) atoms. The number of aryl methyl sites for hydroxylation is 2. The molecule has 0 aliphatic heterocycles. The van der Waals surface area contributed by atoms with Gasteiger partial charge in [-0.05, 0) is 37.1 Å². The minimum absolute atomic E-state index is 0.0836. The van der Waals surface area contributed by atoms with Gasteiger partial charge in [-0.1, -0.05) is 12.1 Å². The van der Waals surface area contributed by atoms with E-state index in [2.05, 4.69) is 5.32 Å². The van der Waals surface area contributed by atoms with Crippen LogP contribution in [0.1, 0.15) is 21.5 Å². The summed E-state index contributed by atoms with van der Waals surface area (Å²) >= 11 is 0. The van der Waals surface area contributed by atoms with E-state index < -0.39 is 4.92 Å². The summed E-state index contributed by atoms with van der Waals surface area (Å²) in [6.07, 6.45) is 1.31. The van der Waals surface area contributed by atoms with Gasteiger partial charge in [0.25, 0.3) is 11.6 Å². The van der Waals surface area contributed by atoms with Crippen molar-refractivity contribution in [3.8, 4) is 0 Å². The van der Waals surface area contributed by atoms with Crippen LogP contribution in [0.5, 0.6) is 0 Å². The second kappa shape index (κ2) is 5.57. The SMILES string of the molecule is Cc1ccc(C)c(NC(=O)c2coc3ccc([N+](=O)[O-])cc23)c1. The molecule has 1 amide bonds. The van der Waals surface area contributed by atoms with Crippen LogP contribution in [-0.4, -0.2) is 10.8 Å². The molecular weight excluding hydrogens is 296 g/mol. The van der Waals surface area contributed by atoms with E-state index >= 15 is 0 Å². The highest BCUT2D eigenvalue weighted by atomic mass is 16.6. The highest BCUT2D eigenvalue weighted by Gasteiger charge is 2.17. The van der Waals surface area contributed by atoms with Crippen LogP contribution in [0.4, 0.5) is 11.4 Å². The van der Waals surface area contributed by atoms with Crippen LogP contribution in [0.25, 0.3) is 11.0 Å². The van der Waals surface area contributed by atoms with Gasteiger partial charge in [0.2, 0.25) is 0 Å². The number of hydrogen-bond acceptors (Lipinski definition) is 4. The Kier molecular flexibility index (Phi) is 3.57. The Hall–Kier alpha value is -3.15. The maximum Gasteiger partial charge on any atom is 0.270 e. The summed E-state index contributed by atoms with van der Waals surface area (Å²) in [5.74, 6) is -0.363. The average Bonchev–Trinajstić information content (AvgIpc) is 2.94. The zero-order chi connectivity index (χ0) is 16.6. The molecule has 0 aliphatic rings. The molecule has 6 heteroatoms. The van der Waals surface area contributed by atoms with Crippen molar-refractivity contribution in [2.45, 2.75) is 13.8 Å². The number of amides is 1. The normalized spacial score (nSPS) is 10.7. The minimum Gasteiger partial charge on any atom is -0.463 e. The van der Waals surface area contributed by atoms with E-state index in [1.807, 2.05) is 32.0 Å². The van der Waals surface area contributed by atoms with Gasteiger partial charge in [-0.2, -0.15) is 0 Å².